The van der Waals surface area contributed by atoms with Crippen molar-refractivity contribution in [1.29, 1.82) is 0 Å². The summed E-state index contributed by atoms with van der Waals surface area (Å²) in [7, 11) is 0. The second-order valence-corrected chi connectivity index (χ2v) is 6.32. The predicted octanol–water partition coefficient (Wildman–Crippen LogP) is 2.88. The number of halogens is 1. The summed E-state index contributed by atoms with van der Waals surface area (Å²) in [5.41, 5.74) is 4.55. The highest BCUT2D eigenvalue weighted by Crippen LogP contribution is 2.25. The third kappa shape index (κ3) is 5.46. The summed E-state index contributed by atoms with van der Waals surface area (Å²) < 4.78 is 10.3. The number of rotatable bonds is 6. The quantitative estimate of drug-likeness (QED) is 0.479. The first-order chi connectivity index (χ1) is 14.0. The molecule has 0 saturated carbocycles. The molecule has 0 spiro atoms. The zero-order chi connectivity index (χ0) is 20.6. The summed E-state index contributed by atoms with van der Waals surface area (Å²) in [4.78, 5) is 35.5. The number of hydrazine groups is 1. The fraction of sp³-hybridized carbons (Fsp3) is 0.0952. The molecule has 7 nitrogen and oxygen atoms in total. The Morgan fingerprint density at radius 3 is 2.38 bits per heavy atom. The van der Waals surface area contributed by atoms with Crippen molar-refractivity contribution < 1.29 is 23.9 Å². The summed E-state index contributed by atoms with van der Waals surface area (Å²) in [6, 6.07) is 19.5. The van der Waals surface area contributed by atoms with Crippen molar-refractivity contribution in [3.8, 4) is 5.75 Å². The summed E-state index contributed by atoms with van der Waals surface area (Å²) in [6.45, 7) is -0.923. The van der Waals surface area contributed by atoms with E-state index in [1.165, 1.54) is 6.07 Å². The SMILES string of the molecule is O=C(COC(=O)COc1cccc2ccccc12)NNC(=O)c1ccccc1Cl. The van der Waals surface area contributed by atoms with E-state index in [0.29, 0.717) is 5.75 Å². The van der Waals surface area contributed by atoms with Crippen LogP contribution >= 0.6 is 11.6 Å². The Balaban J connectivity index is 1.42. The molecule has 29 heavy (non-hydrogen) atoms. The monoisotopic (exact) mass is 412 g/mol. The molecule has 2 N–H and O–H groups in total. The molecule has 2 amide bonds. The van der Waals surface area contributed by atoms with Crippen molar-refractivity contribution in [2.24, 2.45) is 0 Å². The van der Waals surface area contributed by atoms with Crippen molar-refractivity contribution in [2.45, 2.75) is 0 Å². The van der Waals surface area contributed by atoms with Gasteiger partial charge in [0.2, 0.25) is 0 Å². The highest BCUT2D eigenvalue weighted by molar-refractivity contribution is 6.33. The molecule has 148 valence electrons. The van der Waals surface area contributed by atoms with Crippen LogP contribution < -0.4 is 15.6 Å². The molecule has 0 fully saturated rings. The molecule has 0 bridgehead atoms. The van der Waals surface area contributed by atoms with E-state index in [4.69, 9.17) is 21.1 Å². The van der Waals surface area contributed by atoms with Gasteiger partial charge >= 0.3 is 5.97 Å². The molecule has 0 aromatic heterocycles. The molecule has 3 aromatic carbocycles. The second-order valence-electron chi connectivity index (χ2n) is 5.91. The van der Waals surface area contributed by atoms with E-state index < -0.39 is 24.4 Å². The summed E-state index contributed by atoms with van der Waals surface area (Å²) in [6.07, 6.45) is 0. The Labute approximate surface area is 171 Å². The molecule has 0 aliphatic rings. The van der Waals surface area contributed by atoms with Crippen LogP contribution in [0.3, 0.4) is 0 Å². The van der Waals surface area contributed by atoms with Gasteiger partial charge in [-0.3, -0.25) is 20.4 Å². The lowest BCUT2D eigenvalue weighted by Crippen LogP contribution is -2.43. The lowest BCUT2D eigenvalue weighted by Gasteiger charge is -2.10. The van der Waals surface area contributed by atoms with Crippen LogP contribution in [0.1, 0.15) is 10.4 Å². The first kappa shape index (κ1) is 20.2. The van der Waals surface area contributed by atoms with E-state index in [1.807, 2.05) is 36.4 Å². The third-order valence-electron chi connectivity index (χ3n) is 3.89. The van der Waals surface area contributed by atoms with Gasteiger partial charge in [-0.15, -0.1) is 0 Å². The molecule has 0 aliphatic carbocycles. The van der Waals surface area contributed by atoms with Crippen LogP contribution in [-0.4, -0.2) is 31.0 Å². The van der Waals surface area contributed by atoms with Gasteiger partial charge in [0.1, 0.15) is 5.75 Å². The minimum absolute atomic E-state index is 0.204. The number of esters is 1. The molecule has 0 unspecified atom stereocenters. The molecule has 0 aliphatic heterocycles. The second kappa shape index (κ2) is 9.57. The van der Waals surface area contributed by atoms with Gasteiger partial charge < -0.3 is 9.47 Å². The molecule has 3 rings (SSSR count). The number of ether oxygens (including phenoxy) is 2. The van der Waals surface area contributed by atoms with Crippen molar-refractivity contribution in [2.75, 3.05) is 13.2 Å². The minimum Gasteiger partial charge on any atom is -0.481 e. The van der Waals surface area contributed by atoms with Crippen LogP contribution in [0.2, 0.25) is 5.02 Å². The Morgan fingerprint density at radius 1 is 0.828 bits per heavy atom. The van der Waals surface area contributed by atoms with Crippen LogP contribution in [-0.2, 0) is 14.3 Å². The van der Waals surface area contributed by atoms with E-state index in [9.17, 15) is 14.4 Å². The van der Waals surface area contributed by atoms with Gasteiger partial charge in [-0.05, 0) is 23.6 Å². The lowest BCUT2D eigenvalue weighted by atomic mass is 10.1. The number of carbonyl (C=O) groups is 3. The van der Waals surface area contributed by atoms with Crippen LogP contribution in [0.4, 0.5) is 0 Å². The van der Waals surface area contributed by atoms with Gasteiger partial charge in [0.15, 0.2) is 13.2 Å². The Kier molecular flexibility index (Phi) is 6.65. The Bertz CT molecular complexity index is 1050. The smallest absolute Gasteiger partial charge is 0.344 e. The van der Waals surface area contributed by atoms with Crippen LogP contribution in [0.15, 0.2) is 66.7 Å². The van der Waals surface area contributed by atoms with E-state index in [1.54, 1.807) is 24.3 Å². The number of nitrogens with one attached hydrogen (secondary N) is 2. The highest BCUT2D eigenvalue weighted by Gasteiger charge is 2.12. The molecule has 0 radical (unpaired) electrons. The van der Waals surface area contributed by atoms with E-state index >= 15 is 0 Å². The predicted molar refractivity (Wildman–Crippen MR) is 107 cm³/mol. The van der Waals surface area contributed by atoms with Crippen LogP contribution in [0.25, 0.3) is 10.8 Å². The first-order valence-electron chi connectivity index (χ1n) is 8.64. The van der Waals surface area contributed by atoms with Crippen molar-refractivity contribution in [1.82, 2.24) is 10.9 Å². The lowest BCUT2D eigenvalue weighted by molar-refractivity contribution is -0.150. The first-order valence-corrected chi connectivity index (χ1v) is 9.02. The van der Waals surface area contributed by atoms with Gasteiger partial charge in [-0.2, -0.15) is 0 Å². The van der Waals surface area contributed by atoms with Gasteiger partial charge in [0.05, 0.1) is 10.6 Å². The summed E-state index contributed by atoms with van der Waals surface area (Å²) in [5.74, 6) is -1.47. The molecular weight excluding hydrogens is 396 g/mol. The molecule has 8 heteroatoms. The Morgan fingerprint density at radius 2 is 1.55 bits per heavy atom. The fourth-order valence-corrected chi connectivity index (χ4v) is 2.74. The number of carbonyl (C=O) groups excluding carboxylic acids is 3. The van der Waals surface area contributed by atoms with Gasteiger partial charge in [0.25, 0.3) is 11.8 Å². The molecule has 3 aromatic rings. The maximum Gasteiger partial charge on any atom is 0.344 e. The molecule has 0 heterocycles. The van der Waals surface area contributed by atoms with E-state index in [-0.39, 0.29) is 17.2 Å². The number of fused-ring (bicyclic) bond motifs is 1. The average molecular weight is 413 g/mol. The van der Waals surface area contributed by atoms with E-state index in [0.717, 1.165) is 10.8 Å². The van der Waals surface area contributed by atoms with Crippen molar-refractivity contribution in [3.63, 3.8) is 0 Å². The van der Waals surface area contributed by atoms with Crippen molar-refractivity contribution >= 4 is 40.2 Å². The number of benzene rings is 3. The highest BCUT2D eigenvalue weighted by atomic mass is 35.5. The standard InChI is InChI=1S/C21H17ClN2O5/c22-17-10-4-3-9-16(17)21(27)24-23-19(25)12-29-20(26)13-28-18-11-5-7-14-6-1-2-8-15(14)18/h1-11H,12-13H2,(H,23,25)(H,24,27). The summed E-state index contributed by atoms with van der Waals surface area (Å²) >= 11 is 5.90. The molecule has 0 atom stereocenters. The number of amides is 2. The molecule has 0 saturated heterocycles. The third-order valence-corrected chi connectivity index (χ3v) is 4.22. The zero-order valence-corrected chi connectivity index (χ0v) is 15.9. The number of hydrogen-bond donors (Lipinski definition) is 2. The normalized spacial score (nSPS) is 10.2. The van der Waals surface area contributed by atoms with Crippen LogP contribution in [0.5, 0.6) is 5.75 Å². The fourth-order valence-electron chi connectivity index (χ4n) is 2.52. The number of hydrogen-bond acceptors (Lipinski definition) is 5. The maximum atomic E-state index is 11.9. The zero-order valence-electron chi connectivity index (χ0n) is 15.2. The van der Waals surface area contributed by atoms with Gasteiger partial charge in [-0.1, -0.05) is 60.1 Å². The van der Waals surface area contributed by atoms with Gasteiger partial charge in [-0.25, -0.2) is 4.79 Å². The van der Waals surface area contributed by atoms with E-state index in [2.05, 4.69) is 10.9 Å². The maximum absolute atomic E-state index is 11.9. The van der Waals surface area contributed by atoms with Crippen molar-refractivity contribution in [3.05, 3.63) is 77.3 Å². The Hall–Kier alpha value is -3.58. The average Bonchev–Trinajstić information content (AvgIpc) is 2.74. The van der Waals surface area contributed by atoms with Crippen LogP contribution in [0, 0.1) is 0 Å². The topological polar surface area (TPSA) is 93.7 Å². The molecular formula is C21H17ClN2O5. The minimum atomic E-state index is -0.717. The summed E-state index contributed by atoms with van der Waals surface area (Å²) in [5, 5.41) is 2.09. The largest absolute Gasteiger partial charge is 0.481 e. The van der Waals surface area contributed by atoms with Gasteiger partial charge in [0, 0.05) is 5.39 Å².